The van der Waals surface area contributed by atoms with Crippen molar-refractivity contribution in [3.8, 4) is 11.5 Å². The fraction of sp³-hybridized carbons (Fsp3) is 0.353. The number of fused-ring (bicyclic) bond motifs is 1. The molecule has 1 aliphatic rings. The first-order valence-electron chi connectivity index (χ1n) is 7.31. The molecule has 1 aliphatic heterocycles. The average molecular weight is 284 g/mol. The molecule has 0 amide bonds. The van der Waals surface area contributed by atoms with Crippen molar-refractivity contribution in [2.45, 2.75) is 19.4 Å². The number of hydrogen-bond acceptors (Lipinski definition) is 4. The number of pyridine rings is 1. The molecule has 21 heavy (non-hydrogen) atoms. The molecular weight excluding hydrogens is 264 g/mol. The zero-order valence-electron chi connectivity index (χ0n) is 12.4. The Hall–Kier alpha value is -2.07. The smallest absolute Gasteiger partial charge is 0.161 e. The number of rotatable bonds is 4. The van der Waals surface area contributed by atoms with Crippen LogP contribution in [-0.4, -0.2) is 25.2 Å². The minimum atomic E-state index is 0.111. The van der Waals surface area contributed by atoms with Crippen LogP contribution in [0.1, 0.15) is 29.8 Å². The van der Waals surface area contributed by atoms with Gasteiger partial charge in [0.15, 0.2) is 11.5 Å². The number of aromatic nitrogens is 1. The number of nitrogens with one attached hydrogen (secondary N) is 1. The summed E-state index contributed by atoms with van der Waals surface area (Å²) in [4.78, 5) is 4.48. The molecule has 1 unspecified atom stereocenters. The molecule has 2 heterocycles. The standard InChI is InChI=1S/C17H20N2O2/c1-3-21-16-11-13-12(10-15(16)20-2)7-9-19-17(13)14-6-4-5-8-18-14/h4-6,8,10-11,17,19H,3,7,9H2,1-2H3. The van der Waals surface area contributed by atoms with Gasteiger partial charge in [-0.3, -0.25) is 4.98 Å². The summed E-state index contributed by atoms with van der Waals surface area (Å²) in [6.45, 7) is 3.54. The monoisotopic (exact) mass is 284 g/mol. The molecule has 0 saturated heterocycles. The van der Waals surface area contributed by atoms with Crippen LogP contribution in [0.2, 0.25) is 0 Å². The van der Waals surface area contributed by atoms with Gasteiger partial charge in [0.25, 0.3) is 0 Å². The van der Waals surface area contributed by atoms with Gasteiger partial charge in [0.1, 0.15) is 0 Å². The van der Waals surface area contributed by atoms with E-state index in [9.17, 15) is 0 Å². The Morgan fingerprint density at radius 3 is 2.90 bits per heavy atom. The third-order valence-corrected chi connectivity index (χ3v) is 3.76. The second-order valence-electron chi connectivity index (χ2n) is 5.03. The van der Waals surface area contributed by atoms with Crippen molar-refractivity contribution in [3.05, 3.63) is 53.3 Å². The molecule has 1 atom stereocenters. The predicted molar refractivity (Wildman–Crippen MR) is 81.9 cm³/mol. The Balaban J connectivity index is 2.06. The summed E-state index contributed by atoms with van der Waals surface area (Å²) in [6, 6.07) is 10.3. The zero-order valence-corrected chi connectivity index (χ0v) is 12.4. The predicted octanol–water partition coefficient (Wildman–Crippen LogP) is 2.72. The van der Waals surface area contributed by atoms with Crippen LogP contribution in [-0.2, 0) is 6.42 Å². The third-order valence-electron chi connectivity index (χ3n) is 3.76. The highest BCUT2D eigenvalue weighted by molar-refractivity contribution is 5.51. The number of ether oxygens (including phenoxy) is 2. The molecule has 1 aromatic heterocycles. The van der Waals surface area contributed by atoms with Gasteiger partial charge in [-0.1, -0.05) is 6.07 Å². The Labute approximate surface area is 125 Å². The van der Waals surface area contributed by atoms with Gasteiger partial charge >= 0.3 is 0 Å². The first-order valence-corrected chi connectivity index (χ1v) is 7.31. The first-order chi connectivity index (χ1) is 10.3. The van der Waals surface area contributed by atoms with E-state index in [-0.39, 0.29) is 6.04 Å². The fourth-order valence-electron chi connectivity index (χ4n) is 2.80. The maximum Gasteiger partial charge on any atom is 0.161 e. The highest BCUT2D eigenvalue weighted by Crippen LogP contribution is 2.37. The van der Waals surface area contributed by atoms with E-state index in [1.54, 1.807) is 7.11 Å². The van der Waals surface area contributed by atoms with Crippen molar-refractivity contribution in [2.24, 2.45) is 0 Å². The average Bonchev–Trinajstić information content (AvgIpc) is 2.55. The molecule has 3 rings (SSSR count). The van der Waals surface area contributed by atoms with Crippen molar-refractivity contribution in [1.82, 2.24) is 10.3 Å². The van der Waals surface area contributed by atoms with E-state index >= 15 is 0 Å². The molecule has 0 bridgehead atoms. The molecule has 0 fully saturated rings. The quantitative estimate of drug-likeness (QED) is 0.937. The van der Waals surface area contributed by atoms with Gasteiger partial charge in [-0.25, -0.2) is 0 Å². The van der Waals surface area contributed by atoms with Gasteiger partial charge in [0.2, 0.25) is 0 Å². The van der Waals surface area contributed by atoms with Gasteiger partial charge in [-0.15, -0.1) is 0 Å². The Kier molecular flexibility index (Phi) is 4.06. The minimum Gasteiger partial charge on any atom is -0.493 e. The molecule has 0 spiro atoms. The van der Waals surface area contributed by atoms with Gasteiger partial charge in [0, 0.05) is 12.7 Å². The summed E-state index contributed by atoms with van der Waals surface area (Å²) in [6.07, 6.45) is 2.82. The van der Waals surface area contributed by atoms with Crippen LogP contribution in [0.15, 0.2) is 36.5 Å². The molecular formula is C17H20N2O2. The van der Waals surface area contributed by atoms with Crippen molar-refractivity contribution in [3.63, 3.8) is 0 Å². The van der Waals surface area contributed by atoms with Crippen LogP contribution in [0.4, 0.5) is 0 Å². The van der Waals surface area contributed by atoms with Gasteiger partial charge in [-0.05, 0) is 48.7 Å². The van der Waals surface area contributed by atoms with E-state index < -0.39 is 0 Å². The summed E-state index contributed by atoms with van der Waals surface area (Å²) in [5, 5.41) is 3.54. The van der Waals surface area contributed by atoms with Crippen molar-refractivity contribution in [1.29, 1.82) is 0 Å². The van der Waals surface area contributed by atoms with Crippen molar-refractivity contribution in [2.75, 3.05) is 20.3 Å². The summed E-state index contributed by atoms with van der Waals surface area (Å²) in [5.41, 5.74) is 3.56. The summed E-state index contributed by atoms with van der Waals surface area (Å²) >= 11 is 0. The SMILES string of the molecule is CCOc1cc2c(cc1OC)CCNC2c1ccccn1. The van der Waals surface area contributed by atoms with Crippen LogP contribution >= 0.6 is 0 Å². The lowest BCUT2D eigenvalue weighted by Crippen LogP contribution is -2.31. The van der Waals surface area contributed by atoms with Crippen LogP contribution in [0, 0.1) is 0 Å². The molecule has 1 N–H and O–H groups in total. The largest absolute Gasteiger partial charge is 0.493 e. The van der Waals surface area contributed by atoms with E-state index in [1.165, 1.54) is 11.1 Å². The molecule has 0 radical (unpaired) electrons. The lowest BCUT2D eigenvalue weighted by Gasteiger charge is -2.28. The summed E-state index contributed by atoms with van der Waals surface area (Å²) in [7, 11) is 1.68. The van der Waals surface area contributed by atoms with E-state index in [0.29, 0.717) is 6.61 Å². The van der Waals surface area contributed by atoms with Crippen LogP contribution in [0.3, 0.4) is 0 Å². The molecule has 0 aliphatic carbocycles. The van der Waals surface area contributed by atoms with Gasteiger partial charge < -0.3 is 14.8 Å². The second-order valence-corrected chi connectivity index (χ2v) is 5.03. The summed E-state index contributed by atoms with van der Waals surface area (Å²) < 4.78 is 11.1. The van der Waals surface area contributed by atoms with Crippen LogP contribution in [0.25, 0.3) is 0 Å². The number of methoxy groups -OCH3 is 1. The molecule has 110 valence electrons. The lowest BCUT2D eigenvalue weighted by atomic mass is 9.91. The Morgan fingerprint density at radius 2 is 2.19 bits per heavy atom. The zero-order chi connectivity index (χ0) is 14.7. The van der Waals surface area contributed by atoms with Crippen molar-refractivity contribution >= 4 is 0 Å². The van der Waals surface area contributed by atoms with Gasteiger partial charge in [-0.2, -0.15) is 0 Å². The number of nitrogens with zero attached hydrogens (tertiary/aromatic N) is 1. The van der Waals surface area contributed by atoms with Crippen LogP contribution < -0.4 is 14.8 Å². The Bertz CT molecular complexity index is 614. The maximum absolute atomic E-state index is 5.70. The molecule has 4 heteroatoms. The van der Waals surface area contributed by atoms with E-state index in [4.69, 9.17) is 9.47 Å². The van der Waals surface area contributed by atoms with E-state index in [2.05, 4.69) is 28.5 Å². The van der Waals surface area contributed by atoms with Gasteiger partial charge in [0.05, 0.1) is 25.5 Å². The number of benzene rings is 1. The first kappa shape index (κ1) is 13.9. The third kappa shape index (κ3) is 2.72. The van der Waals surface area contributed by atoms with Crippen LogP contribution in [0.5, 0.6) is 11.5 Å². The lowest BCUT2D eigenvalue weighted by molar-refractivity contribution is 0.309. The fourth-order valence-corrected chi connectivity index (χ4v) is 2.80. The second kappa shape index (κ2) is 6.14. The Morgan fingerprint density at radius 1 is 1.29 bits per heavy atom. The molecule has 0 saturated carbocycles. The minimum absolute atomic E-state index is 0.111. The van der Waals surface area contributed by atoms with E-state index in [1.807, 2.05) is 25.3 Å². The highest BCUT2D eigenvalue weighted by Gasteiger charge is 2.24. The normalized spacial score (nSPS) is 17.1. The topological polar surface area (TPSA) is 43.4 Å². The molecule has 4 nitrogen and oxygen atoms in total. The van der Waals surface area contributed by atoms with E-state index in [0.717, 1.165) is 30.2 Å². The van der Waals surface area contributed by atoms with Crippen molar-refractivity contribution < 1.29 is 9.47 Å². The summed E-state index contributed by atoms with van der Waals surface area (Å²) in [5.74, 6) is 1.60. The molecule has 1 aromatic carbocycles. The molecule has 2 aromatic rings. The number of hydrogen-bond donors (Lipinski definition) is 1. The maximum atomic E-state index is 5.70. The highest BCUT2D eigenvalue weighted by atomic mass is 16.5.